The maximum Gasteiger partial charge on any atom is 0.283 e. The van der Waals surface area contributed by atoms with Crippen molar-refractivity contribution in [3.63, 3.8) is 0 Å². The largest absolute Gasteiger partial charge is 0.483 e. The van der Waals surface area contributed by atoms with E-state index in [1.165, 1.54) is 24.6 Å². The van der Waals surface area contributed by atoms with E-state index in [1.54, 1.807) is 0 Å². The highest BCUT2D eigenvalue weighted by Crippen LogP contribution is 2.27. The molecule has 1 aliphatic carbocycles. The number of aldehydes is 1. The van der Waals surface area contributed by atoms with Gasteiger partial charge in [0.1, 0.15) is 11.3 Å². The van der Waals surface area contributed by atoms with Crippen LogP contribution in [0, 0.1) is 10.1 Å². The highest BCUT2D eigenvalue weighted by Gasteiger charge is 2.25. The number of carbonyl (C=O) groups is 2. The van der Waals surface area contributed by atoms with Crippen molar-refractivity contribution in [3.8, 4) is 5.75 Å². The minimum Gasteiger partial charge on any atom is -0.483 e. The van der Waals surface area contributed by atoms with E-state index in [2.05, 4.69) is 0 Å². The van der Waals surface area contributed by atoms with Crippen LogP contribution in [0.15, 0.2) is 18.2 Å². The molecular formula is C18H24N2O5. The van der Waals surface area contributed by atoms with Crippen LogP contribution in [0.1, 0.15) is 55.8 Å². The molecule has 0 bridgehead atoms. The molecule has 0 saturated heterocycles. The van der Waals surface area contributed by atoms with Crippen molar-refractivity contribution in [3.05, 3.63) is 33.9 Å². The molecule has 0 aromatic heterocycles. The second-order valence-corrected chi connectivity index (χ2v) is 6.23. The molecule has 1 aromatic carbocycles. The van der Waals surface area contributed by atoms with Crippen molar-refractivity contribution in [1.82, 2.24) is 4.90 Å². The summed E-state index contributed by atoms with van der Waals surface area (Å²) in [5.41, 5.74) is -0.461. The third-order valence-electron chi connectivity index (χ3n) is 4.51. The maximum absolute atomic E-state index is 12.6. The van der Waals surface area contributed by atoms with Gasteiger partial charge in [-0.05, 0) is 25.3 Å². The van der Waals surface area contributed by atoms with Gasteiger partial charge < -0.3 is 9.64 Å². The SMILES string of the molecule is CCCN(C(=O)COc1cccc([N+](=O)[O-])c1C=O)C1CCCCC1. The van der Waals surface area contributed by atoms with Crippen molar-refractivity contribution >= 4 is 17.9 Å². The average molecular weight is 348 g/mol. The number of nitro benzene ring substituents is 1. The number of ether oxygens (including phenoxy) is 1. The fourth-order valence-electron chi connectivity index (χ4n) is 3.30. The lowest BCUT2D eigenvalue weighted by Crippen LogP contribution is -2.44. The van der Waals surface area contributed by atoms with Gasteiger partial charge in [0.2, 0.25) is 0 Å². The Kier molecular flexibility index (Phi) is 6.91. The molecule has 0 unspecified atom stereocenters. The number of rotatable bonds is 8. The summed E-state index contributed by atoms with van der Waals surface area (Å²) in [7, 11) is 0. The zero-order valence-electron chi connectivity index (χ0n) is 14.5. The van der Waals surface area contributed by atoms with Gasteiger partial charge in [-0.3, -0.25) is 19.7 Å². The first kappa shape index (κ1) is 18.9. The van der Waals surface area contributed by atoms with Crippen molar-refractivity contribution in [2.24, 2.45) is 0 Å². The van der Waals surface area contributed by atoms with E-state index in [-0.39, 0.29) is 35.6 Å². The highest BCUT2D eigenvalue weighted by atomic mass is 16.6. The first-order valence-corrected chi connectivity index (χ1v) is 8.73. The molecule has 1 aromatic rings. The minimum absolute atomic E-state index is 0.0673. The van der Waals surface area contributed by atoms with E-state index >= 15 is 0 Å². The van der Waals surface area contributed by atoms with Crippen LogP contribution < -0.4 is 4.74 Å². The number of carbonyl (C=O) groups excluding carboxylic acids is 2. The van der Waals surface area contributed by atoms with Gasteiger partial charge in [-0.15, -0.1) is 0 Å². The standard InChI is InChI=1S/C18H24N2O5/c1-2-11-19(14-7-4-3-5-8-14)18(22)13-25-17-10-6-9-16(20(23)24)15(17)12-21/h6,9-10,12,14H,2-5,7-8,11,13H2,1H3. The summed E-state index contributed by atoms with van der Waals surface area (Å²) in [6.07, 6.45) is 6.71. The quantitative estimate of drug-likeness (QED) is 0.408. The molecule has 1 fully saturated rings. The van der Waals surface area contributed by atoms with Crippen LogP contribution in [-0.2, 0) is 4.79 Å². The molecule has 25 heavy (non-hydrogen) atoms. The Morgan fingerprint density at radius 2 is 2.08 bits per heavy atom. The fourth-order valence-corrected chi connectivity index (χ4v) is 3.30. The van der Waals surface area contributed by atoms with E-state index in [4.69, 9.17) is 4.74 Å². The van der Waals surface area contributed by atoms with Gasteiger partial charge in [0, 0.05) is 18.7 Å². The summed E-state index contributed by atoms with van der Waals surface area (Å²) in [4.78, 5) is 36.0. The van der Waals surface area contributed by atoms with Gasteiger partial charge in [0.25, 0.3) is 11.6 Å². The molecule has 0 spiro atoms. The minimum atomic E-state index is -0.635. The lowest BCUT2D eigenvalue weighted by molar-refractivity contribution is -0.385. The molecular weight excluding hydrogens is 324 g/mol. The lowest BCUT2D eigenvalue weighted by atomic mass is 9.94. The van der Waals surface area contributed by atoms with Crippen LogP contribution in [0.2, 0.25) is 0 Å². The first-order chi connectivity index (χ1) is 12.1. The zero-order chi connectivity index (χ0) is 18.2. The van der Waals surface area contributed by atoms with Crippen LogP contribution in [0.4, 0.5) is 5.69 Å². The Hall–Kier alpha value is -2.44. The fraction of sp³-hybridized carbons (Fsp3) is 0.556. The topological polar surface area (TPSA) is 89.8 Å². The van der Waals surface area contributed by atoms with Gasteiger partial charge in [0.05, 0.1) is 4.92 Å². The third-order valence-corrected chi connectivity index (χ3v) is 4.51. The number of benzene rings is 1. The number of hydrogen-bond acceptors (Lipinski definition) is 5. The molecule has 136 valence electrons. The van der Waals surface area contributed by atoms with Crippen molar-refractivity contribution in [2.75, 3.05) is 13.2 Å². The van der Waals surface area contributed by atoms with E-state index in [9.17, 15) is 19.7 Å². The van der Waals surface area contributed by atoms with Crippen LogP contribution in [-0.4, -0.2) is 41.2 Å². The van der Waals surface area contributed by atoms with Crippen LogP contribution >= 0.6 is 0 Å². The first-order valence-electron chi connectivity index (χ1n) is 8.73. The second kappa shape index (κ2) is 9.15. The molecule has 1 saturated carbocycles. The van der Waals surface area contributed by atoms with E-state index in [1.807, 2.05) is 11.8 Å². The summed E-state index contributed by atoms with van der Waals surface area (Å²) in [5.74, 6) is -0.0743. The van der Waals surface area contributed by atoms with Gasteiger partial charge >= 0.3 is 0 Å². The van der Waals surface area contributed by atoms with Crippen LogP contribution in [0.25, 0.3) is 0 Å². The van der Waals surface area contributed by atoms with Crippen molar-refractivity contribution in [1.29, 1.82) is 0 Å². The predicted molar refractivity (Wildman–Crippen MR) is 92.9 cm³/mol. The summed E-state index contributed by atoms with van der Waals surface area (Å²) in [6, 6.07) is 4.38. The van der Waals surface area contributed by atoms with Gasteiger partial charge in [-0.2, -0.15) is 0 Å². The molecule has 7 nitrogen and oxygen atoms in total. The Morgan fingerprint density at radius 3 is 2.68 bits per heavy atom. The lowest BCUT2D eigenvalue weighted by Gasteiger charge is -2.34. The number of amides is 1. The Labute approximate surface area is 147 Å². The number of hydrogen-bond donors (Lipinski definition) is 0. The van der Waals surface area contributed by atoms with Gasteiger partial charge in [0.15, 0.2) is 12.9 Å². The highest BCUT2D eigenvalue weighted by molar-refractivity contribution is 5.86. The van der Waals surface area contributed by atoms with E-state index < -0.39 is 4.92 Å². The molecule has 0 radical (unpaired) electrons. The smallest absolute Gasteiger partial charge is 0.283 e. The van der Waals surface area contributed by atoms with Crippen LogP contribution in [0.5, 0.6) is 5.75 Å². The summed E-state index contributed by atoms with van der Waals surface area (Å²) in [5, 5.41) is 11.0. The maximum atomic E-state index is 12.6. The molecule has 0 aliphatic heterocycles. The Morgan fingerprint density at radius 1 is 1.36 bits per heavy atom. The van der Waals surface area contributed by atoms with Gasteiger partial charge in [-0.25, -0.2) is 0 Å². The monoisotopic (exact) mass is 348 g/mol. The molecule has 0 heterocycles. The summed E-state index contributed by atoms with van der Waals surface area (Å²) in [6.45, 7) is 2.47. The summed E-state index contributed by atoms with van der Waals surface area (Å²) >= 11 is 0. The molecule has 0 atom stereocenters. The van der Waals surface area contributed by atoms with E-state index in [0.717, 1.165) is 32.1 Å². The summed E-state index contributed by atoms with van der Waals surface area (Å²) < 4.78 is 5.47. The molecule has 7 heteroatoms. The van der Waals surface area contributed by atoms with Crippen LogP contribution in [0.3, 0.4) is 0 Å². The zero-order valence-corrected chi connectivity index (χ0v) is 14.5. The molecule has 2 rings (SSSR count). The number of nitrogens with zero attached hydrogens (tertiary/aromatic N) is 2. The van der Waals surface area contributed by atoms with Crippen molar-refractivity contribution < 1.29 is 19.2 Å². The normalized spacial score (nSPS) is 14.8. The average Bonchev–Trinajstić information content (AvgIpc) is 2.64. The molecule has 1 aliphatic rings. The second-order valence-electron chi connectivity index (χ2n) is 6.23. The van der Waals surface area contributed by atoms with E-state index in [0.29, 0.717) is 12.8 Å². The predicted octanol–water partition coefficient (Wildman–Crippen LogP) is 3.36. The Balaban J connectivity index is 2.08. The number of nitro groups is 1. The molecule has 1 amide bonds. The van der Waals surface area contributed by atoms with Gasteiger partial charge in [-0.1, -0.05) is 32.3 Å². The molecule has 0 N–H and O–H groups in total. The van der Waals surface area contributed by atoms with Crippen molar-refractivity contribution in [2.45, 2.75) is 51.5 Å². The Bertz CT molecular complexity index is 626. The third kappa shape index (κ3) is 4.78.